The molecule has 0 aliphatic rings. The third-order valence-corrected chi connectivity index (χ3v) is 3.11. The van der Waals surface area contributed by atoms with E-state index in [0.29, 0.717) is 5.56 Å². The topological polar surface area (TPSA) is 57.9 Å². The van der Waals surface area contributed by atoms with Gasteiger partial charge in [-0.1, -0.05) is 17.7 Å². The second-order valence-electron chi connectivity index (χ2n) is 4.66. The highest BCUT2D eigenvalue weighted by molar-refractivity contribution is 5.45. The van der Waals surface area contributed by atoms with Gasteiger partial charge >= 0.3 is 0 Å². The molecule has 0 aliphatic heterocycles. The summed E-state index contributed by atoms with van der Waals surface area (Å²) in [4.78, 5) is 4.22. The highest BCUT2D eigenvalue weighted by Gasteiger charge is 2.12. The van der Waals surface area contributed by atoms with Gasteiger partial charge in [-0.2, -0.15) is 5.26 Å². The molecule has 2 rings (SSSR count). The largest absolute Gasteiger partial charge is 0.496 e. The molecular formula is C16H17N3O. The Hall–Kier alpha value is -2.54. The number of methoxy groups -OCH3 is 1. The summed E-state index contributed by atoms with van der Waals surface area (Å²) >= 11 is 0. The van der Waals surface area contributed by atoms with Crippen LogP contribution in [0.4, 0.5) is 5.82 Å². The fraction of sp³-hybridized carbons (Fsp3) is 0.250. The number of ether oxygens (including phenoxy) is 1. The van der Waals surface area contributed by atoms with Crippen molar-refractivity contribution >= 4 is 5.82 Å². The van der Waals surface area contributed by atoms with Gasteiger partial charge < -0.3 is 10.1 Å². The van der Waals surface area contributed by atoms with E-state index >= 15 is 0 Å². The van der Waals surface area contributed by atoms with E-state index in [1.807, 2.05) is 12.1 Å². The molecule has 102 valence electrons. The number of aromatic nitrogens is 1. The molecule has 4 nitrogen and oxygen atoms in total. The van der Waals surface area contributed by atoms with E-state index in [1.165, 1.54) is 5.56 Å². The molecule has 0 radical (unpaired) electrons. The van der Waals surface area contributed by atoms with Crippen molar-refractivity contribution in [1.29, 1.82) is 5.26 Å². The van der Waals surface area contributed by atoms with Gasteiger partial charge in [0, 0.05) is 11.8 Å². The van der Waals surface area contributed by atoms with Gasteiger partial charge in [-0.15, -0.1) is 0 Å². The molecule has 0 amide bonds. The zero-order chi connectivity index (χ0) is 14.5. The Balaban J connectivity index is 2.21. The van der Waals surface area contributed by atoms with Crippen molar-refractivity contribution in [2.45, 2.75) is 19.9 Å². The standard InChI is InChI=1S/C16H17N3O/c1-11-4-6-15(20-3)14(8-11)12(2)19-16-7-5-13(9-17)10-18-16/h4-8,10,12H,1-3H3,(H,18,19)/t12-/m1/s1. The smallest absolute Gasteiger partial charge is 0.126 e. The number of rotatable bonds is 4. The fourth-order valence-electron chi connectivity index (χ4n) is 2.04. The molecule has 1 aromatic heterocycles. The number of anilines is 1. The van der Waals surface area contributed by atoms with Crippen molar-refractivity contribution in [2.75, 3.05) is 12.4 Å². The minimum absolute atomic E-state index is 0.0604. The van der Waals surface area contributed by atoms with Gasteiger partial charge in [0.1, 0.15) is 17.6 Å². The Labute approximate surface area is 119 Å². The van der Waals surface area contributed by atoms with Crippen LogP contribution in [0.1, 0.15) is 29.7 Å². The second-order valence-corrected chi connectivity index (χ2v) is 4.66. The average molecular weight is 267 g/mol. The number of hydrogen-bond donors (Lipinski definition) is 1. The normalized spacial score (nSPS) is 11.5. The van der Waals surface area contributed by atoms with Crippen LogP contribution in [-0.2, 0) is 0 Å². The summed E-state index contributed by atoms with van der Waals surface area (Å²) in [5.41, 5.74) is 2.82. The summed E-state index contributed by atoms with van der Waals surface area (Å²) in [5.74, 6) is 1.59. The molecule has 20 heavy (non-hydrogen) atoms. The van der Waals surface area contributed by atoms with Crippen LogP contribution >= 0.6 is 0 Å². The van der Waals surface area contributed by atoms with Crippen molar-refractivity contribution in [2.24, 2.45) is 0 Å². The molecule has 1 N–H and O–H groups in total. The first-order valence-corrected chi connectivity index (χ1v) is 6.41. The van der Waals surface area contributed by atoms with E-state index in [4.69, 9.17) is 10.00 Å². The molecule has 0 saturated carbocycles. The number of nitrogens with zero attached hydrogens (tertiary/aromatic N) is 2. The van der Waals surface area contributed by atoms with Crippen LogP contribution in [0.2, 0.25) is 0 Å². The van der Waals surface area contributed by atoms with Crippen molar-refractivity contribution in [1.82, 2.24) is 4.98 Å². The number of pyridine rings is 1. The van der Waals surface area contributed by atoms with Crippen LogP contribution in [0.3, 0.4) is 0 Å². The molecule has 0 unspecified atom stereocenters. The van der Waals surface area contributed by atoms with Crippen LogP contribution in [0.25, 0.3) is 0 Å². The molecular weight excluding hydrogens is 250 g/mol. The van der Waals surface area contributed by atoms with Gasteiger partial charge in [-0.05, 0) is 32.0 Å². The molecule has 0 fully saturated rings. The molecule has 0 aliphatic carbocycles. The first kappa shape index (κ1) is 13.9. The summed E-state index contributed by atoms with van der Waals surface area (Å²) in [6.07, 6.45) is 1.56. The van der Waals surface area contributed by atoms with Gasteiger partial charge in [0.15, 0.2) is 0 Å². The highest BCUT2D eigenvalue weighted by atomic mass is 16.5. The lowest BCUT2D eigenvalue weighted by molar-refractivity contribution is 0.408. The molecule has 0 saturated heterocycles. The molecule has 0 spiro atoms. The van der Waals surface area contributed by atoms with E-state index in [0.717, 1.165) is 17.1 Å². The minimum atomic E-state index is 0.0604. The Morgan fingerprint density at radius 2 is 2.10 bits per heavy atom. The Morgan fingerprint density at radius 1 is 1.30 bits per heavy atom. The number of hydrogen-bond acceptors (Lipinski definition) is 4. The summed E-state index contributed by atoms with van der Waals surface area (Å²) in [7, 11) is 1.67. The third-order valence-electron chi connectivity index (χ3n) is 3.11. The maximum absolute atomic E-state index is 8.76. The number of nitriles is 1. The fourth-order valence-corrected chi connectivity index (χ4v) is 2.04. The third kappa shape index (κ3) is 3.07. The van der Waals surface area contributed by atoms with Gasteiger partial charge in [-0.25, -0.2) is 4.98 Å². The minimum Gasteiger partial charge on any atom is -0.496 e. The molecule has 4 heteroatoms. The molecule has 1 atom stereocenters. The molecule has 1 aromatic carbocycles. The number of benzene rings is 1. The second kappa shape index (κ2) is 6.07. The van der Waals surface area contributed by atoms with Gasteiger partial charge in [0.2, 0.25) is 0 Å². The summed E-state index contributed by atoms with van der Waals surface area (Å²) in [6.45, 7) is 4.10. The zero-order valence-corrected chi connectivity index (χ0v) is 11.8. The van der Waals surface area contributed by atoms with E-state index in [1.54, 1.807) is 25.4 Å². The Morgan fingerprint density at radius 3 is 2.70 bits per heavy atom. The van der Waals surface area contributed by atoms with Crippen molar-refractivity contribution in [3.05, 3.63) is 53.2 Å². The van der Waals surface area contributed by atoms with Crippen LogP contribution < -0.4 is 10.1 Å². The van der Waals surface area contributed by atoms with E-state index in [-0.39, 0.29) is 6.04 Å². The van der Waals surface area contributed by atoms with Crippen LogP contribution in [0.15, 0.2) is 36.5 Å². The van der Waals surface area contributed by atoms with E-state index in [2.05, 4.69) is 36.3 Å². The predicted octanol–water partition coefficient (Wildman–Crippen LogP) is 3.44. The van der Waals surface area contributed by atoms with Crippen LogP contribution in [0.5, 0.6) is 5.75 Å². The maximum Gasteiger partial charge on any atom is 0.126 e. The highest BCUT2D eigenvalue weighted by Crippen LogP contribution is 2.28. The average Bonchev–Trinajstić information content (AvgIpc) is 2.48. The maximum atomic E-state index is 8.76. The van der Waals surface area contributed by atoms with E-state index < -0.39 is 0 Å². The summed E-state index contributed by atoms with van der Waals surface area (Å²) < 4.78 is 5.39. The molecule has 1 heterocycles. The number of nitrogens with one attached hydrogen (secondary N) is 1. The molecule has 0 bridgehead atoms. The van der Waals surface area contributed by atoms with Crippen LogP contribution in [-0.4, -0.2) is 12.1 Å². The Bertz CT molecular complexity index is 629. The lowest BCUT2D eigenvalue weighted by Gasteiger charge is -2.18. The van der Waals surface area contributed by atoms with Crippen molar-refractivity contribution in [3.63, 3.8) is 0 Å². The van der Waals surface area contributed by atoms with Gasteiger partial charge in [0.25, 0.3) is 0 Å². The SMILES string of the molecule is COc1ccc(C)cc1[C@@H](C)Nc1ccc(C#N)cn1. The summed E-state index contributed by atoms with van der Waals surface area (Å²) in [5, 5.41) is 12.1. The monoisotopic (exact) mass is 267 g/mol. The van der Waals surface area contributed by atoms with Crippen LogP contribution in [0, 0.1) is 18.3 Å². The predicted molar refractivity (Wildman–Crippen MR) is 78.7 cm³/mol. The van der Waals surface area contributed by atoms with Crippen molar-refractivity contribution in [3.8, 4) is 11.8 Å². The lowest BCUT2D eigenvalue weighted by atomic mass is 10.0. The first-order chi connectivity index (χ1) is 9.63. The lowest BCUT2D eigenvalue weighted by Crippen LogP contribution is -2.09. The quantitative estimate of drug-likeness (QED) is 0.921. The Kier molecular flexibility index (Phi) is 4.21. The summed E-state index contributed by atoms with van der Waals surface area (Å²) in [6, 6.07) is 11.8. The molecule has 2 aromatic rings. The van der Waals surface area contributed by atoms with E-state index in [9.17, 15) is 0 Å². The number of aryl methyl sites for hydroxylation is 1. The first-order valence-electron chi connectivity index (χ1n) is 6.41. The van der Waals surface area contributed by atoms with Crippen molar-refractivity contribution < 1.29 is 4.74 Å². The zero-order valence-electron chi connectivity index (χ0n) is 11.8. The van der Waals surface area contributed by atoms with Gasteiger partial charge in [0.05, 0.1) is 18.7 Å². The van der Waals surface area contributed by atoms with Gasteiger partial charge in [-0.3, -0.25) is 0 Å².